The van der Waals surface area contributed by atoms with Crippen LogP contribution in [-0.4, -0.2) is 15.0 Å². The standard InChI is InChI=1S/C51H34N4O/c1-5-15-35(16-6-1)38-21-13-25-43(31-38)55(42-23-11-4-12-24-42)44-26-14-22-39(32-44)40-28-30-47-46(33-40)45-29-27-41(34-48(45)56-47)51-53-49(36-17-7-2-8-18-36)52-50(54-51)37-19-9-3-10-20-37/h1-34H. The van der Waals surface area contributed by atoms with E-state index in [9.17, 15) is 0 Å². The second kappa shape index (κ2) is 14.3. The van der Waals surface area contributed by atoms with E-state index in [1.807, 2.05) is 66.7 Å². The highest BCUT2D eigenvalue weighted by molar-refractivity contribution is 6.07. The minimum absolute atomic E-state index is 0.592. The van der Waals surface area contributed by atoms with Crippen molar-refractivity contribution in [3.63, 3.8) is 0 Å². The van der Waals surface area contributed by atoms with Crippen LogP contribution in [0.3, 0.4) is 0 Å². The van der Waals surface area contributed by atoms with E-state index < -0.39 is 0 Å². The van der Waals surface area contributed by atoms with Gasteiger partial charge in [0, 0.05) is 44.5 Å². The van der Waals surface area contributed by atoms with E-state index in [0.29, 0.717) is 17.5 Å². The molecule has 0 spiro atoms. The lowest BCUT2D eigenvalue weighted by Crippen LogP contribution is -2.10. The maximum absolute atomic E-state index is 6.48. The summed E-state index contributed by atoms with van der Waals surface area (Å²) in [4.78, 5) is 17.0. The average molecular weight is 719 g/mol. The van der Waals surface area contributed by atoms with Gasteiger partial charge in [0.15, 0.2) is 17.5 Å². The van der Waals surface area contributed by atoms with Gasteiger partial charge in [0.05, 0.1) is 0 Å². The van der Waals surface area contributed by atoms with Crippen LogP contribution in [0, 0.1) is 0 Å². The zero-order valence-corrected chi connectivity index (χ0v) is 30.3. The maximum Gasteiger partial charge on any atom is 0.164 e. The molecular formula is C51H34N4O. The highest BCUT2D eigenvalue weighted by Gasteiger charge is 2.17. The topological polar surface area (TPSA) is 55.1 Å². The van der Waals surface area contributed by atoms with Crippen molar-refractivity contribution in [2.75, 3.05) is 4.90 Å². The van der Waals surface area contributed by atoms with Crippen LogP contribution in [-0.2, 0) is 0 Å². The zero-order valence-electron chi connectivity index (χ0n) is 30.3. The van der Waals surface area contributed by atoms with Crippen molar-refractivity contribution in [3.8, 4) is 56.4 Å². The Balaban J connectivity index is 1.03. The van der Waals surface area contributed by atoms with E-state index in [2.05, 4.69) is 144 Å². The van der Waals surface area contributed by atoms with E-state index in [-0.39, 0.29) is 0 Å². The van der Waals surface area contributed by atoms with E-state index in [0.717, 1.165) is 66.8 Å². The summed E-state index contributed by atoms with van der Waals surface area (Å²) in [5.41, 5.74) is 12.2. The third kappa shape index (κ3) is 6.37. The summed E-state index contributed by atoms with van der Waals surface area (Å²) in [6, 6.07) is 71.2. The van der Waals surface area contributed by atoms with Crippen molar-refractivity contribution in [2.24, 2.45) is 0 Å². The molecule has 0 fully saturated rings. The summed E-state index contributed by atoms with van der Waals surface area (Å²) >= 11 is 0. The van der Waals surface area contributed by atoms with Crippen LogP contribution in [0.4, 0.5) is 17.1 Å². The molecule has 0 bridgehead atoms. The number of hydrogen-bond donors (Lipinski definition) is 0. The van der Waals surface area contributed by atoms with Crippen molar-refractivity contribution < 1.29 is 4.42 Å². The van der Waals surface area contributed by atoms with Gasteiger partial charge in [-0.1, -0.05) is 146 Å². The molecular weight excluding hydrogens is 685 g/mol. The quantitative estimate of drug-likeness (QED) is 0.157. The number of nitrogens with zero attached hydrogens (tertiary/aromatic N) is 4. The van der Waals surface area contributed by atoms with Gasteiger partial charge in [0.2, 0.25) is 0 Å². The Morgan fingerprint density at radius 3 is 1.32 bits per heavy atom. The number of anilines is 3. The van der Waals surface area contributed by atoms with Crippen LogP contribution in [0.2, 0.25) is 0 Å². The van der Waals surface area contributed by atoms with Gasteiger partial charge >= 0.3 is 0 Å². The maximum atomic E-state index is 6.48. The number of furan rings is 1. The predicted molar refractivity (Wildman–Crippen MR) is 229 cm³/mol. The fourth-order valence-electron chi connectivity index (χ4n) is 7.34. The van der Waals surface area contributed by atoms with E-state index >= 15 is 0 Å². The van der Waals surface area contributed by atoms with Crippen LogP contribution in [0.5, 0.6) is 0 Å². The molecule has 5 nitrogen and oxygen atoms in total. The Bertz CT molecular complexity index is 2910. The van der Waals surface area contributed by atoms with Gasteiger partial charge in [-0.2, -0.15) is 0 Å². The first-order valence-corrected chi connectivity index (χ1v) is 18.7. The molecule has 2 aromatic heterocycles. The van der Waals surface area contributed by atoms with Gasteiger partial charge in [0.1, 0.15) is 11.2 Å². The number of rotatable bonds is 8. The molecule has 2 heterocycles. The summed E-state index contributed by atoms with van der Waals surface area (Å²) in [6.45, 7) is 0. The van der Waals surface area contributed by atoms with E-state index in [4.69, 9.17) is 19.4 Å². The summed E-state index contributed by atoms with van der Waals surface area (Å²) in [5, 5.41) is 2.08. The molecule has 8 aromatic carbocycles. The molecule has 5 heteroatoms. The van der Waals surface area contributed by atoms with Crippen molar-refractivity contribution in [1.29, 1.82) is 0 Å². The molecule has 0 aliphatic carbocycles. The predicted octanol–water partition coefficient (Wildman–Crippen LogP) is 13.6. The second-order valence-corrected chi connectivity index (χ2v) is 13.7. The van der Waals surface area contributed by atoms with Crippen molar-refractivity contribution in [3.05, 3.63) is 206 Å². The third-order valence-electron chi connectivity index (χ3n) is 10.1. The molecule has 0 saturated heterocycles. The minimum atomic E-state index is 0.592. The Morgan fingerprint density at radius 1 is 0.286 bits per heavy atom. The summed E-state index contributed by atoms with van der Waals surface area (Å²) in [5.74, 6) is 1.84. The van der Waals surface area contributed by atoms with Crippen LogP contribution in [0.1, 0.15) is 0 Å². The van der Waals surface area contributed by atoms with Gasteiger partial charge in [0.25, 0.3) is 0 Å². The van der Waals surface area contributed by atoms with Crippen LogP contribution < -0.4 is 4.90 Å². The first-order valence-electron chi connectivity index (χ1n) is 18.7. The Hall–Kier alpha value is -7.63. The molecule has 10 rings (SSSR count). The second-order valence-electron chi connectivity index (χ2n) is 13.7. The summed E-state index contributed by atoms with van der Waals surface area (Å²) in [6.07, 6.45) is 0. The van der Waals surface area contributed by atoms with Crippen molar-refractivity contribution >= 4 is 39.0 Å². The average Bonchev–Trinajstić information content (AvgIpc) is 3.65. The Kier molecular flexibility index (Phi) is 8.43. The fraction of sp³-hybridized carbons (Fsp3) is 0. The molecule has 0 amide bonds. The van der Waals surface area contributed by atoms with E-state index in [1.165, 1.54) is 11.1 Å². The van der Waals surface area contributed by atoms with Gasteiger partial charge in [-0.25, -0.2) is 15.0 Å². The lowest BCUT2D eigenvalue weighted by Gasteiger charge is -2.26. The Morgan fingerprint density at radius 2 is 0.732 bits per heavy atom. The summed E-state index contributed by atoms with van der Waals surface area (Å²) < 4.78 is 6.48. The molecule has 0 atom stereocenters. The van der Waals surface area contributed by atoms with Crippen LogP contribution in [0.25, 0.3) is 78.4 Å². The minimum Gasteiger partial charge on any atom is -0.456 e. The number of para-hydroxylation sites is 1. The molecule has 264 valence electrons. The molecule has 0 aliphatic rings. The molecule has 0 N–H and O–H groups in total. The van der Waals surface area contributed by atoms with Gasteiger partial charge in [-0.3, -0.25) is 0 Å². The number of benzene rings is 8. The number of fused-ring (bicyclic) bond motifs is 3. The van der Waals surface area contributed by atoms with Gasteiger partial charge < -0.3 is 9.32 Å². The summed E-state index contributed by atoms with van der Waals surface area (Å²) in [7, 11) is 0. The molecule has 56 heavy (non-hydrogen) atoms. The van der Waals surface area contributed by atoms with E-state index in [1.54, 1.807) is 0 Å². The molecule has 0 radical (unpaired) electrons. The lowest BCUT2D eigenvalue weighted by molar-refractivity contribution is 0.669. The van der Waals surface area contributed by atoms with Crippen molar-refractivity contribution in [1.82, 2.24) is 15.0 Å². The van der Waals surface area contributed by atoms with Crippen molar-refractivity contribution in [2.45, 2.75) is 0 Å². The first kappa shape index (κ1) is 33.0. The Labute approximate surface area is 324 Å². The highest BCUT2D eigenvalue weighted by Crippen LogP contribution is 2.40. The molecule has 0 unspecified atom stereocenters. The number of hydrogen-bond acceptors (Lipinski definition) is 5. The first-order chi connectivity index (χ1) is 27.7. The van der Waals surface area contributed by atoms with Gasteiger partial charge in [-0.15, -0.1) is 0 Å². The normalized spacial score (nSPS) is 11.2. The molecule has 10 aromatic rings. The zero-order chi connectivity index (χ0) is 37.3. The monoisotopic (exact) mass is 718 g/mol. The fourth-order valence-corrected chi connectivity index (χ4v) is 7.34. The van der Waals surface area contributed by atoms with Gasteiger partial charge in [-0.05, 0) is 82.9 Å². The largest absolute Gasteiger partial charge is 0.456 e. The van der Waals surface area contributed by atoms with Crippen LogP contribution in [0.15, 0.2) is 211 Å². The highest BCUT2D eigenvalue weighted by atomic mass is 16.3. The lowest BCUT2D eigenvalue weighted by atomic mass is 10.0. The molecule has 0 saturated carbocycles. The third-order valence-corrected chi connectivity index (χ3v) is 10.1. The smallest absolute Gasteiger partial charge is 0.164 e. The van der Waals surface area contributed by atoms with Crippen LogP contribution >= 0.6 is 0 Å². The number of aromatic nitrogens is 3. The molecule has 0 aliphatic heterocycles. The SMILES string of the molecule is c1ccc(-c2cccc(N(c3ccccc3)c3cccc(-c4ccc5oc6cc(-c7nc(-c8ccccc8)nc(-c8ccccc8)n7)ccc6c5c4)c3)c2)cc1.